The average Bonchev–Trinajstić information content (AvgIpc) is 4.02. The van der Waals surface area contributed by atoms with E-state index >= 15 is 0 Å². The van der Waals surface area contributed by atoms with Gasteiger partial charge < -0.3 is 30.1 Å². The second-order valence-electron chi connectivity index (χ2n) is 14.6. The molecule has 2 aromatic rings. The summed E-state index contributed by atoms with van der Waals surface area (Å²) in [6.45, 7) is 6.00. The molecule has 1 saturated heterocycles. The molecular formula is C36H46ClN5O9S. The molecule has 4 amide bonds. The Bertz CT molecular complexity index is 1890. The van der Waals surface area contributed by atoms with Crippen LogP contribution in [-0.4, -0.2) is 101 Å². The van der Waals surface area contributed by atoms with Crippen molar-refractivity contribution in [2.75, 3.05) is 20.2 Å². The van der Waals surface area contributed by atoms with Gasteiger partial charge in [0.05, 0.1) is 24.6 Å². The lowest BCUT2D eigenvalue weighted by molar-refractivity contribution is -0.142. The first-order valence-corrected chi connectivity index (χ1v) is 19.7. The van der Waals surface area contributed by atoms with Crippen molar-refractivity contribution < 1.29 is 42.2 Å². The second-order valence-corrected chi connectivity index (χ2v) is 17.3. The number of carbonyl (C=O) groups is 4. The van der Waals surface area contributed by atoms with E-state index < -0.39 is 74.7 Å². The van der Waals surface area contributed by atoms with Gasteiger partial charge in [0.2, 0.25) is 27.7 Å². The van der Waals surface area contributed by atoms with E-state index in [9.17, 15) is 32.7 Å². The van der Waals surface area contributed by atoms with Gasteiger partial charge in [-0.2, -0.15) is 0 Å². The van der Waals surface area contributed by atoms with Gasteiger partial charge in [-0.05, 0) is 75.5 Å². The molecule has 4 aliphatic rings. The lowest BCUT2D eigenvalue weighted by atomic mass is 9.88. The van der Waals surface area contributed by atoms with Crippen LogP contribution in [0.4, 0.5) is 4.79 Å². The first-order valence-electron chi connectivity index (χ1n) is 17.8. The van der Waals surface area contributed by atoms with Crippen LogP contribution in [0.3, 0.4) is 0 Å². The SMILES string of the molecule is CCOc1cnc(O[C@@H]2C[C@H]3C(=O)N[C@]4(C(=O)N(C)S(=O)(=O)C5CC5)C[C@H]4C=CCC[C@@H](C)C[C@@H](C)[C@H](NC(=O)O)C(=O)N3C2)c2cc(Cl)ccc12. The van der Waals surface area contributed by atoms with Crippen LogP contribution < -0.4 is 20.1 Å². The number of benzene rings is 1. The fraction of sp³-hybridized carbons (Fsp3) is 0.583. The number of rotatable bonds is 8. The van der Waals surface area contributed by atoms with Crippen molar-refractivity contribution in [3.05, 3.63) is 41.6 Å². The highest BCUT2D eigenvalue weighted by molar-refractivity contribution is 7.90. The summed E-state index contributed by atoms with van der Waals surface area (Å²) < 4.78 is 39.2. The molecule has 282 valence electrons. The van der Waals surface area contributed by atoms with E-state index in [4.69, 9.17) is 21.1 Å². The number of pyridine rings is 1. The quantitative estimate of drug-likeness (QED) is 0.331. The fourth-order valence-electron chi connectivity index (χ4n) is 7.60. The number of allylic oxidation sites excluding steroid dienone is 1. The third-order valence-electron chi connectivity index (χ3n) is 10.6. The Morgan fingerprint density at radius 2 is 1.92 bits per heavy atom. The van der Waals surface area contributed by atoms with E-state index in [1.54, 1.807) is 25.1 Å². The van der Waals surface area contributed by atoms with Gasteiger partial charge in [0.15, 0.2) is 0 Å². The lowest BCUT2D eigenvalue weighted by Crippen LogP contribution is -2.59. The number of ether oxygens (including phenoxy) is 2. The van der Waals surface area contributed by atoms with Crippen LogP contribution in [0.1, 0.15) is 65.7 Å². The van der Waals surface area contributed by atoms with Crippen molar-refractivity contribution in [2.24, 2.45) is 17.8 Å². The molecule has 3 heterocycles. The maximum absolute atomic E-state index is 14.4. The molecular weight excluding hydrogens is 714 g/mol. The molecule has 7 atom stereocenters. The zero-order valence-corrected chi connectivity index (χ0v) is 31.3. The number of fused-ring (bicyclic) bond motifs is 3. The molecule has 0 bridgehead atoms. The summed E-state index contributed by atoms with van der Waals surface area (Å²) in [7, 11) is -2.68. The van der Waals surface area contributed by atoms with Crippen LogP contribution in [0, 0.1) is 17.8 Å². The minimum atomic E-state index is -3.90. The highest BCUT2D eigenvalue weighted by Gasteiger charge is 2.63. The van der Waals surface area contributed by atoms with Crippen molar-refractivity contribution >= 4 is 56.2 Å². The monoisotopic (exact) mass is 759 g/mol. The molecule has 3 N–H and O–H groups in total. The lowest BCUT2D eigenvalue weighted by Gasteiger charge is -2.32. The van der Waals surface area contributed by atoms with Gasteiger partial charge in [0.1, 0.15) is 29.5 Å². The van der Waals surface area contributed by atoms with E-state index in [-0.39, 0.29) is 31.2 Å². The van der Waals surface area contributed by atoms with Gasteiger partial charge in [-0.15, -0.1) is 0 Å². The Hall–Kier alpha value is -4.11. The summed E-state index contributed by atoms with van der Waals surface area (Å²) in [5.74, 6) is -2.03. The molecule has 2 saturated carbocycles. The topological polar surface area (TPSA) is 185 Å². The van der Waals surface area contributed by atoms with Crippen LogP contribution in [-0.2, 0) is 24.4 Å². The van der Waals surface area contributed by atoms with Gasteiger partial charge in [-0.25, -0.2) is 22.5 Å². The summed E-state index contributed by atoms with van der Waals surface area (Å²) in [6, 6.07) is 2.84. The minimum Gasteiger partial charge on any atom is -0.492 e. The number of aromatic nitrogens is 1. The first kappa shape index (κ1) is 37.6. The van der Waals surface area contributed by atoms with E-state index in [1.165, 1.54) is 18.1 Å². The number of nitrogens with one attached hydrogen (secondary N) is 2. The Kier molecular flexibility index (Phi) is 10.7. The largest absolute Gasteiger partial charge is 0.492 e. The standard InChI is InChI=1S/C36H46ClN5O9S/c1-5-50-29-18-38-32(27-15-23(37)10-13-26(27)29)51-24-16-28-31(43)40-36(34(45)41(4)52(48,49)25-11-12-25)17-22(36)9-7-6-8-20(2)14-21(3)30(39-35(46)47)33(44)42(28)19-24/h7,9-10,13,15,18,20-22,24-25,28,30,39H,5-6,8,11-12,14,16-17,19H2,1-4H3,(H,40,43)(H,46,47)/t20-,21-,22-,24-,28+,30+,36-/m1/s1. The predicted molar refractivity (Wildman–Crippen MR) is 192 cm³/mol. The van der Waals surface area contributed by atoms with E-state index in [1.807, 2.05) is 26.0 Å². The average molecular weight is 760 g/mol. The molecule has 0 spiro atoms. The number of hydrogen-bond acceptors (Lipinski definition) is 9. The molecule has 2 aliphatic heterocycles. The number of carbonyl (C=O) groups excluding carboxylic acids is 3. The summed E-state index contributed by atoms with van der Waals surface area (Å²) in [4.78, 5) is 60.6. The number of likely N-dealkylation sites (N-methyl/N-ethyl adjacent to an activating group) is 1. The molecule has 52 heavy (non-hydrogen) atoms. The maximum Gasteiger partial charge on any atom is 0.405 e. The van der Waals surface area contributed by atoms with E-state index in [0.717, 1.165) is 10.7 Å². The first-order chi connectivity index (χ1) is 24.7. The predicted octanol–water partition coefficient (Wildman–Crippen LogP) is 4.11. The summed E-state index contributed by atoms with van der Waals surface area (Å²) in [5.41, 5.74) is -1.53. The zero-order valence-electron chi connectivity index (χ0n) is 29.7. The Labute approximate surface area is 308 Å². The number of halogens is 1. The molecule has 0 unspecified atom stereocenters. The van der Waals surface area contributed by atoms with E-state index in [0.29, 0.717) is 53.8 Å². The van der Waals surface area contributed by atoms with Crippen LogP contribution in [0.25, 0.3) is 10.8 Å². The number of hydrogen-bond donors (Lipinski definition) is 3. The van der Waals surface area contributed by atoms with Crippen molar-refractivity contribution in [3.8, 4) is 11.6 Å². The third kappa shape index (κ3) is 7.52. The molecule has 14 nitrogen and oxygen atoms in total. The number of nitrogens with zero attached hydrogens (tertiary/aromatic N) is 3. The zero-order chi connectivity index (χ0) is 37.5. The van der Waals surface area contributed by atoms with Crippen molar-refractivity contribution in [3.63, 3.8) is 0 Å². The van der Waals surface area contributed by atoms with Gasteiger partial charge >= 0.3 is 6.09 Å². The highest BCUT2D eigenvalue weighted by atomic mass is 35.5. The van der Waals surface area contributed by atoms with Crippen molar-refractivity contribution in [1.29, 1.82) is 0 Å². The van der Waals surface area contributed by atoms with Crippen LogP contribution in [0.2, 0.25) is 5.02 Å². The molecule has 3 fully saturated rings. The van der Waals surface area contributed by atoms with Crippen molar-refractivity contribution in [1.82, 2.24) is 24.8 Å². The highest BCUT2D eigenvalue weighted by Crippen LogP contribution is 2.48. The Morgan fingerprint density at radius 1 is 1.17 bits per heavy atom. The van der Waals surface area contributed by atoms with E-state index in [2.05, 4.69) is 15.6 Å². The van der Waals surface area contributed by atoms with Crippen LogP contribution >= 0.6 is 11.6 Å². The molecule has 16 heteroatoms. The summed E-state index contributed by atoms with van der Waals surface area (Å²) in [6.07, 6.45) is 6.21. The van der Waals surface area contributed by atoms with Crippen LogP contribution in [0.5, 0.6) is 11.6 Å². The Balaban J connectivity index is 1.36. The van der Waals surface area contributed by atoms with Crippen molar-refractivity contribution in [2.45, 2.75) is 94.7 Å². The molecule has 2 aliphatic carbocycles. The molecule has 0 radical (unpaired) electrons. The molecule has 6 rings (SSSR count). The number of carboxylic acid groups (broad SMARTS) is 1. The van der Waals surface area contributed by atoms with Gasteiger partial charge in [0.25, 0.3) is 5.91 Å². The number of amides is 4. The maximum atomic E-state index is 14.4. The Morgan fingerprint density at radius 3 is 2.62 bits per heavy atom. The van der Waals surface area contributed by atoms with Gasteiger partial charge in [-0.1, -0.05) is 37.6 Å². The third-order valence-corrected chi connectivity index (χ3v) is 13.1. The smallest absolute Gasteiger partial charge is 0.405 e. The minimum absolute atomic E-state index is 0.0138. The van der Waals surface area contributed by atoms with Crippen LogP contribution in [0.15, 0.2) is 36.5 Å². The summed E-state index contributed by atoms with van der Waals surface area (Å²) in [5, 5.41) is 16.1. The number of sulfonamides is 1. The molecule has 1 aromatic carbocycles. The second kappa shape index (κ2) is 14.7. The molecule has 1 aromatic heterocycles. The van der Waals surface area contributed by atoms with Gasteiger partial charge in [0, 0.05) is 35.2 Å². The van der Waals surface area contributed by atoms with Gasteiger partial charge in [-0.3, -0.25) is 14.4 Å². The summed E-state index contributed by atoms with van der Waals surface area (Å²) >= 11 is 6.35. The fourth-order valence-corrected chi connectivity index (χ4v) is 9.35. The normalized spacial score (nSPS) is 29.6.